The molecule has 162 valence electrons. The molecule has 1 amide bonds. The first kappa shape index (κ1) is 24.0. The van der Waals surface area contributed by atoms with Crippen LogP contribution < -0.4 is 20.9 Å². The number of hydrogen-bond acceptors (Lipinski definition) is 4. The normalized spacial score (nSPS) is 20.1. The molecule has 0 radical (unpaired) electrons. The third kappa shape index (κ3) is 7.47. The number of carbonyl (C=O) groups excluding carboxylic acids is 1. The average molecular weight is 535 g/mol. The average Bonchev–Trinajstić information content (AvgIpc) is 3.16. The van der Waals surface area contributed by atoms with Gasteiger partial charge in [0.2, 0.25) is 5.91 Å². The number of aliphatic imine (C=N–C) groups is 1. The molecule has 0 aromatic carbocycles. The van der Waals surface area contributed by atoms with Crippen molar-refractivity contribution in [2.24, 2.45) is 4.99 Å². The Labute approximate surface area is 195 Å². The SMILES string of the molecule is CN=C(NCCC(=O)NC1CCCCC1)NC1CCN(c2ncccc2Cl)C1.I. The molecule has 2 fully saturated rings. The standard InChI is InChI=1S/C20H31ClN6O.HI/c1-22-20(24-12-9-18(28)25-15-6-3-2-4-7-15)26-16-10-13-27(14-16)19-17(21)8-5-11-23-19;/h5,8,11,15-16H,2-4,6-7,9-10,12-14H2,1H3,(H,25,28)(H2,22,24,26);1H. The Morgan fingerprint density at radius 3 is 2.76 bits per heavy atom. The van der Waals surface area contributed by atoms with Crippen LogP contribution in [0.1, 0.15) is 44.9 Å². The number of hydrogen-bond donors (Lipinski definition) is 3. The van der Waals surface area contributed by atoms with Crippen LogP contribution in [0.4, 0.5) is 5.82 Å². The van der Waals surface area contributed by atoms with Gasteiger partial charge in [-0.25, -0.2) is 4.98 Å². The summed E-state index contributed by atoms with van der Waals surface area (Å²) in [6.45, 7) is 2.29. The van der Waals surface area contributed by atoms with E-state index in [1.807, 2.05) is 12.1 Å². The molecule has 1 saturated carbocycles. The van der Waals surface area contributed by atoms with Crippen LogP contribution in [0, 0.1) is 0 Å². The van der Waals surface area contributed by atoms with Crippen molar-refractivity contribution < 1.29 is 4.79 Å². The summed E-state index contributed by atoms with van der Waals surface area (Å²) in [6, 6.07) is 4.33. The first-order valence-corrected chi connectivity index (χ1v) is 10.7. The van der Waals surface area contributed by atoms with Crippen LogP contribution in [0.5, 0.6) is 0 Å². The van der Waals surface area contributed by atoms with E-state index in [1.54, 1.807) is 13.2 Å². The second-order valence-corrected chi connectivity index (χ2v) is 7.94. The lowest BCUT2D eigenvalue weighted by Gasteiger charge is -2.23. The Kier molecular flexibility index (Phi) is 10.3. The van der Waals surface area contributed by atoms with Gasteiger partial charge in [-0.15, -0.1) is 24.0 Å². The summed E-state index contributed by atoms with van der Waals surface area (Å²) >= 11 is 6.25. The number of carbonyl (C=O) groups is 1. The van der Waals surface area contributed by atoms with Crippen LogP contribution >= 0.6 is 35.6 Å². The molecule has 0 spiro atoms. The maximum absolute atomic E-state index is 12.1. The number of aromatic nitrogens is 1. The van der Waals surface area contributed by atoms with E-state index < -0.39 is 0 Å². The van der Waals surface area contributed by atoms with Crippen LogP contribution in [0.2, 0.25) is 5.02 Å². The van der Waals surface area contributed by atoms with E-state index >= 15 is 0 Å². The maximum Gasteiger partial charge on any atom is 0.221 e. The van der Waals surface area contributed by atoms with Crippen molar-refractivity contribution in [1.29, 1.82) is 0 Å². The topological polar surface area (TPSA) is 81.6 Å². The summed E-state index contributed by atoms with van der Waals surface area (Å²) in [7, 11) is 1.75. The van der Waals surface area contributed by atoms with Gasteiger partial charge in [0.05, 0.1) is 5.02 Å². The van der Waals surface area contributed by atoms with Crippen LogP contribution in [0.25, 0.3) is 0 Å². The van der Waals surface area contributed by atoms with Gasteiger partial charge in [0.25, 0.3) is 0 Å². The van der Waals surface area contributed by atoms with E-state index in [9.17, 15) is 4.79 Å². The Hall–Kier alpha value is -1.29. The lowest BCUT2D eigenvalue weighted by Crippen LogP contribution is -2.46. The fourth-order valence-corrected chi connectivity index (χ4v) is 4.15. The van der Waals surface area contributed by atoms with E-state index in [2.05, 4.69) is 30.8 Å². The van der Waals surface area contributed by atoms with Crippen molar-refractivity contribution in [3.8, 4) is 0 Å². The maximum atomic E-state index is 12.1. The van der Waals surface area contributed by atoms with Crippen molar-refractivity contribution in [1.82, 2.24) is 20.9 Å². The highest BCUT2D eigenvalue weighted by Crippen LogP contribution is 2.25. The fraction of sp³-hybridized carbons (Fsp3) is 0.650. The zero-order valence-corrected chi connectivity index (χ0v) is 20.1. The molecule has 2 aliphatic rings. The molecule has 0 bridgehead atoms. The van der Waals surface area contributed by atoms with Crippen LogP contribution in [0.3, 0.4) is 0 Å². The number of guanidine groups is 1. The molecule has 1 aliphatic heterocycles. The van der Waals surface area contributed by atoms with Crippen molar-refractivity contribution in [3.63, 3.8) is 0 Å². The predicted molar refractivity (Wildman–Crippen MR) is 129 cm³/mol. The molecule has 9 heteroatoms. The van der Waals surface area contributed by atoms with Crippen LogP contribution in [-0.2, 0) is 4.79 Å². The number of halogens is 2. The number of amides is 1. The van der Waals surface area contributed by atoms with Gasteiger partial charge in [-0.2, -0.15) is 0 Å². The molecule has 3 N–H and O–H groups in total. The van der Waals surface area contributed by atoms with Gasteiger partial charge < -0.3 is 20.9 Å². The first-order valence-electron chi connectivity index (χ1n) is 10.3. The summed E-state index contributed by atoms with van der Waals surface area (Å²) in [6.07, 6.45) is 9.17. The molecule has 1 aromatic rings. The number of nitrogens with one attached hydrogen (secondary N) is 3. The van der Waals surface area contributed by atoms with E-state index in [-0.39, 0.29) is 35.9 Å². The minimum Gasteiger partial charge on any atom is -0.356 e. The zero-order chi connectivity index (χ0) is 19.8. The number of nitrogens with zero attached hydrogens (tertiary/aromatic N) is 3. The third-order valence-electron chi connectivity index (χ3n) is 5.41. The van der Waals surface area contributed by atoms with Crippen LogP contribution in [-0.4, -0.2) is 55.6 Å². The molecule has 3 rings (SSSR count). The van der Waals surface area contributed by atoms with Gasteiger partial charge in [-0.05, 0) is 31.4 Å². The number of rotatable bonds is 6. The van der Waals surface area contributed by atoms with Crippen LogP contribution in [0.15, 0.2) is 23.3 Å². The van der Waals surface area contributed by atoms with Gasteiger partial charge >= 0.3 is 0 Å². The minimum atomic E-state index is 0. The van der Waals surface area contributed by atoms with Gasteiger partial charge in [0.15, 0.2) is 5.96 Å². The number of pyridine rings is 1. The van der Waals surface area contributed by atoms with Gasteiger partial charge in [0, 0.05) is 51.4 Å². The quantitative estimate of drug-likeness (QED) is 0.297. The van der Waals surface area contributed by atoms with Gasteiger partial charge in [-0.3, -0.25) is 9.79 Å². The second-order valence-electron chi connectivity index (χ2n) is 7.54. The molecular weight excluding hydrogens is 503 g/mol. The highest BCUT2D eigenvalue weighted by Gasteiger charge is 2.25. The van der Waals surface area contributed by atoms with E-state index in [0.29, 0.717) is 24.0 Å². The monoisotopic (exact) mass is 534 g/mol. The largest absolute Gasteiger partial charge is 0.356 e. The summed E-state index contributed by atoms with van der Waals surface area (Å²) in [5.74, 6) is 1.67. The Balaban J connectivity index is 0.00000300. The van der Waals surface area contributed by atoms with Gasteiger partial charge in [0.1, 0.15) is 5.82 Å². The fourth-order valence-electron chi connectivity index (χ4n) is 3.91. The number of anilines is 1. The lowest BCUT2D eigenvalue weighted by molar-refractivity contribution is -0.121. The lowest BCUT2D eigenvalue weighted by atomic mass is 9.95. The van der Waals surface area contributed by atoms with E-state index in [4.69, 9.17) is 11.6 Å². The molecule has 1 unspecified atom stereocenters. The smallest absolute Gasteiger partial charge is 0.221 e. The Morgan fingerprint density at radius 2 is 2.03 bits per heavy atom. The molecule has 1 atom stereocenters. The first-order chi connectivity index (χ1) is 13.7. The second kappa shape index (κ2) is 12.4. The molecule has 1 saturated heterocycles. The highest BCUT2D eigenvalue weighted by molar-refractivity contribution is 14.0. The van der Waals surface area contributed by atoms with Crippen molar-refractivity contribution in [2.45, 2.75) is 57.0 Å². The molecule has 7 nitrogen and oxygen atoms in total. The highest BCUT2D eigenvalue weighted by atomic mass is 127. The van der Waals surface area contributed by atoms with Crippen molar-refractivity contribution in [2.75, 3.05) is 31.6 Å². The Morgan fingerprint density at radius 1 is 1.24 bits per heavy atom. The summed E-state index contributed by atoms with van der Waals surface area (Å²) in [5.41, 5.74) is 0. The molecule has 29 heavy (non-hydrogen) atoms. The predicted octanol–water partition coefficient (Wildman–Crippen LogP) is 2.94. The van der Waals surface area contributed by atoms with Crippen molar-refractivity contribution in [3.05, 3.63) is 23.4 Å². The summed E-state index contributed by atoms with van der Waals surface area (Å²) in [4.78, 5) is 23.0. The summed E-state index contributed by atoms with van der Waals surface area (Å²) < 4.78 is 0. The van der Waals surface area contributed by atoms with Crippen molar-refractivity contribution >= 4 is 53.3 Å². The summed E-state index contributed by atoms with van der Waals surface area (Å²) in [5, 5.41) is 10.5. The van der Waals surface area contributed by atoms with Gasteiger partial charge in [-0.1, -0.05) is 30.9 Å². The third-order valence-corrected chi connectivity index (χ3v) is 5.70. The Bertz CT molecular complexity index is 683. The molecule has 2 heterocycles. The van der Waals surface area contributed by atoms with E-state index in [1.165, 1.54) is 19.3 Å². The molecule has 1 aromatic heterocycles. The molecule has 1 aliphatic carbocycles. The molecular formula is C20H32ClIN6O. The van der Waals surface area contributed by atoms with E-state index in [0.717, 1.165) is 44.1 Å². The minimum absolute atomic E-state index is 0. The zero-order valence-electron chi connectivity index (χ0n) is 17.0.